The summed E-state index contributed by atoms with van der Waals surface area (Å²) < 4.78 is 13.1. The Morgan fingerprint density at radius 2 is 2.35 bits per heavy atom. The van der Waals surface area contributed by atoms with E-state index in [1.54, 1.807) is 23.1 Å². The summed E-state index contributed by atoms with van der Waals surface area (Å²) in [6.07, 6.45) is 1.69. The number of hydrogen-bond acceptors (Lipinski definition) is 2. The topological polar surface area (TPSA) is 32.3 Å². The van der Waals surface area contributed by atoms with Crippen LogP contribution in [0.2, 0.25) is 0 Å². The number of carbonyl (C=O) groups excluding carboxylic acids is 1. The van der Waals surface area contributed by atoms with Crippen LogP contribution in [-0.2, 0) is 4.79 Å². The van der Waals surface area contributed by atoms with Crippen LogP contribution in [0.25, 0.3) is 0 Å². The predicted molar refractivity (Wildman–Crippen MR) is 67.5 cm³/mol. The smallest absolute Gasteiger partial charge is 0.240 e. The Morgan fingerprint density at radius 3 is 2.94 bits per heavy atom. The van der Waals surface area contributed by atoms with Crippen LogP contribution in [0.1, 0.15) is 6.92 Å². The number of rotatable bonds is 6. The van der Waals surface area contributed by atoms with Gasteiger partial charge in [-0.3, -0.25) is 4.79 Å². The highest BCUT2D eigenvalue weighted by atomic mass is 19.1. The minimum absolute atomic E-state index is 0.0834. The molecule has 0 saturated carbocycles. The van der Waals surface area contributed by atoms with Gasteiger partial charge in [-0.2, -0.15) is 0 Å². The van der Waals surface area contributed by atoms with Crippen LogP contribution >= 0.6 is 0 Å². The maximum Gasteiger partial charge on any atom is 0.240 e. The largest absolute Gasteiger partial charge is 0.311 e. The van der Waals surface area contributed by atoms with Crippen LogP contribution in [0.3, 0.4) is 0 Å². The summed E-state index contributed by atoms with van der Waals surface area (Å²) in [7, 11) is 0. The lowest BCUT2D eigenvalue weighted by atomic mass is 10.2. The maximum atomic E-state index is 13.1. The molecular formula is C13H17FN2O. The summed E-state index contributed by atoms with van der Waals surface area (Å²) in [5.74, 6) is -0.423. The summed E-state index contributed by atoms with van der Waals surface area (Å²) in [6, 6.07) is 6.03. The molecule has 0 unspecified atom stereocenters. The summed E-state index contributed by atoms with van der Waals surface area (Å²) in [6.45, 7) is 6.72. The van der Waals surface area contributed by atoms with Gasteiger partial charge in [-0.25, -0.2) is 4.39 Å². The number of hydrogen-bond donors (Lipinski definition) is 1. The fraction of sp³-hybridized carbons (Fsp3) is 0.308. The maximum absolute atomic E-state index is 13.1. The Balaban J connectivity index is 2.70. The van der Waals surface area contributed by atoms with E-state index in [9.17, 15) is 9.18 Å². The first-order valence-corrected chi connectivity index (χ1v) is 5.56. The zero-order chi connectivity index (χ0) is 12.7. The van der Waals surface area contributed by atoms with E-state index in [0.29, 0.717) is 18.8 Å². The predicted octanol–water partition coefficient (Wildman–Crippen LogP) is 1.95. The van der Waals surface area contributed by atoms with E-state index >= 15 is 0 Å². The van der Waals surface area contributed by atoms with E-state index in [-0.39, 0.29) is 18.3 Å². The highest BCUT2D eigenvalue weighted by Crippen LogP contribution is 2.15. The molecular weight excluding hydrogens is 219 g/mol. The third-order valence-corrected chi connectivity index (χ3v) is 2.30. The Hall–Kier alpha value is -1.68. The molecule has 0 heterocycles. The fourth-order valence-corrected chi connectivity index (χ4v) is 1.52. The zero-order valence-electron chi connectivity index (χ0n) is 9.95. The lowest BCUT2D eigenvalue weighted by Gasteiger charge is -2.21. The molecule has 3 nitrogen and oxygen atoms in total. The lowest BCUT2D eigenvalue weighted by Crippen LogP contribution is -2.38. The molecule has 1 aromatic carbocycles. The van der Waals surface area contributed by atoms with Crippen molar-refractivity contribution >= 4 is 11.6 Å². The highest BCUT2D eigenvalue weighted by molar-refractivity contribution is 5.94. The molecule has 0 aliphatic heterocycles. The zero-order valence-corrected chi connectivity index (χ0v) is 9.95. The van der Waals surface area contributed by atoms with E-state index in [1.165, 1.54) is 12.1 Å². The molecule has 0 aliphatic carbocycles. The number of benzene rings is 1. The Labute approximate surface area is 101 Å². The van der Waals surface area contributed by atoms with Gasteiger partial charge in [0.1, 0.15) is 5.82 Å². The van der Waals surface area contributed by atoms with Crippen molar-refractivity contribution in [2.75, 3.05) is 24.5 Å². The van der Waals surface area contributed by atoms with Gasteiger partial charge in [0.2, 0.25) is 5.91 Å². The lowest BCUT2D eigenvalue weighted by molar-refractivity contribution is -0.117. The van der Waals surface area contributed by atoms with Crippen molar-refractivity contribution in [1.29, 1.82) is 0 Å². The van der Waals surface area contributed by atoms with Crippen LogP contribution < -0.4 is 10.2 Å². The average Bonchev–Trinajstić information content (AvgIpc) is 2.30. The first-order chi connectivity index (χ1) is 8.19. The molecule has 92 valence electrons. The molecule has 0 aliphatic rings. The van der Waals surface area contributed by atoms with Crippen LogP contribution in [0.5, 0.6) is 0 Å². The van der Waals surface area contributed by atoms with Gasteiger partial charge in [0.05, 0.1) is 6.54 Å². The quantitative estimate of drug-likeness (QED) is 0.605. The number of nitrogens with zero attached hydrogens (tertiary/aromatic N) is 1. The van der Waals surface area contributed by atoms with Crippen molar-refractivity contribution in [3.8, 4) is 0 Å². The summed E-state index contributed by atoms with van der Waals surface area (Å²) >= 11 is 0. The normalized spacial score (nSPS) is 10.0. The average molecular weight is 236 g/mol. The van der Waals surface area contributed by atoms with E-state index in [4.69, 9.17) is 0 Å². The molecule has 0 spiro atoms. The first-order valence-electron chi connectivity index (χ1n) is 5.56. The van der Waals surface area contributed by atoms with Gasteiger partial charge < -0.3 is 10.2 Å². The van der Waals surface area contributed by atoms with E-state index in [1.807, 2.05) is 6.92 Å². The molecule has 1 N–H and O–H groups in total. The number of anilines is 1. The fourth-order valence-electron chi connectivity index (χ4n) is 1.52. The Bertz CT molecular complexity index is 393. The molecule has 0 fully saturated rings. The van der Waals surface area contributed by atoms with Crippen molar-refractivity contribution in [3.63, 3.8) is 0 Å². The van der Waals surface area contributed by atoms with Crippen LogP contribution in [0, 0.1) is 5.82 Å². The van der Waals surface area contributed by atoms with E-state index < -0.39 is 0 Å². The summed E-state index contributed by atoms with van der Waals surface area (Å²) in [4.78, 5) is 13.4. The van der Waals surface area contributed by atoms with Gasteiger partial charge in [-0.05, 0) is 25.1 Å². The molecule has 1 amide bonds. The van der Waals surface area contributed by atoms with E-state index in [2.05, 4.69) is 11.9 Å². The molecule has 0 bridgehead atoms. The number of carbonyl (C=O) groups is 1. The Morgan fingerprint density at radius 1 is 1.59 bits per heavy atom. The highest BCUT2D eigenvalue weighted by Gasteiger charge is 2.13. The minimum atomic E-state index is -0.340. The van der Waals surface area contributed by atoms with Crippen LogP contribution in [0.4, 0.5) is 10.1 Å². The molecule has 0 aromatic heterocycles. The van der Waals surface area contributed by atoms with Crippen LogP contribution in [-0.4, -0.2) is 25.5 Å². The first kappa shape index (κ1) is 13.4. The molecule has 1 rings (SSSR count). The van der Waals surface area contributed by atoms with Gasteiger partial charge in [-0.1, -0.05) is 12.1 Å². The van der Waals surface area contributed by atoms with E-state index in [0.717, 1.165) is 0 Å². The van der Waals surface area contributed by atoms with Crippen molar-refractivity contribution in [1.82, 2.24) is 5.32 Å². The monoisotopic (exact) mass is 236 g/mol. The standard InChI is InChI=1S/C13H17FN2O/c1-3-8-15-10-13(17)16(4-2)12-7-5-6-11(14)9-12/h3,5-7,9,15H,1,4,8,10H2,2H3. The van der Waals surface area contributed by atoms with Crippen molar-refractivity contribution in [2.24, 2.45) is 0 Å². The summed E-state index contributed by atoms with van der Waals surface area (Å²) in [5.41, 5.74) is 0.581. The third kappa shape index (κ3) is 4.00. The van der Waals surface area contributed by atoms with Gasteiger partial charge in [0, 0.05) is 18.8 Å². The minimum Gasteiger partial charge on any atom is -0.311 e. The second-order valence-electron chi connectivity index (χ2n) is 3.54. The third-order valence-electron chi connectivity index (χ3n) is 2.30. The van der Waals surface area contributed by atoms with Gasteiger partial charge in [0.15, 0.2) is 0 Å². The second-order valence-corrected chi connectivity index (χ2v) is 3.54. The number of amides is 1. The number of nitrogens with one attached hydrogen (secondary N) is 1. The number of halogens is 1. The van der Waals surface area contributed by atoms with Crippen LogP contribution in [0.15, 0.2) is 36.9 Å². The SMILES string of the molecule is C=CCNCC(=O)N(CC)c1cccc(F)c1. The molecule has 4 heteroatoms. The van der Waals surface area contributed by atoms with Crippen molar-refractivity contribution < 1.29 is 9.18 Å². The molecule has 0 saturated heterocycles. The molecule has 17 heavy (non-hydrogen) atoms. The number of likely N-dealkylation sites (N-methyl/N-ethyl adjacent to an activating group) is 1. The second kappa shape index (κ2) is 6.81. The van der Waals surface area contributed by atoms with Gasteiger partial charge in [0.25, 0.3) is 0 Å². The molecule has 0 atom stereocenters. The van der Waals surface area contributed by atoms with Crippen molar-refractivity contribution in [3.05, 3.63) is 42.7 Å². The van der Waals surface area contributed by atoms with Gasteiger partial charge in [-0.15, -0.1) is 6.58 Å². The summed E-state index contributed by atoms with van der Waals surface area (Å²) in [5, 5.41) is 2.93. The van der Waals surface area contributed by atoms with Gasteiger partial charge >= 0.3 is 0 Å². The molecule has 1 aromatic rings. The Kier molecular flexibility index (Phi) is 5.36. The van der Waals surface area contributed by atoms with Crippen molar-refractivity contribution in [2.45, 2.75) is 6.92 Å². The molecule has 0 radical (unpaired) electrons.